The van der Waals surface area contributed by atoms with E-state index in [0.29, 0.717) is 28.8 Å². The molecule has 164 valence electrons. The molecule has 9 nitrogen and oxygen atoms in total. The van der Waals surface area contributed by atoms with Crippen LogP contribution in [0.15, 0.2) is 59.3 Å². The number of para-hydroxylation sites is 1. The van der Waals surface area contributed by atoms with Crippen molar-refractivity contribution >= 4 is 5.91 Å². The summed E-state index contributed by atoms with van der Waals surface area (Å²) in [4.78, 5) is 17.4. The molecular weight excluding hydrogens is 410 g/mol. The van der Waals surface area contributed by atoms with Crippen molar-refractivity contribution in [1.29, 1.82) is 0 Å². The third kappa shape index (κ3) is 4.18. The van der Waals surface area contributed by atoms with E-state index >= 15 is 0 Å². The lowest BCUT2D eigenvalue weighted by Crippen LogP contribution is -2.27. The zero-order valence-corrected chi connectivity index (χ0v) is 18.2. The maximum Gasteiger partial charge on any atom is 0.273 e. The van der Waals surface area contributed by atoms with E-state index in [9.17, 15) is 4.79 Å². The molecule has 0 bridgehead atoms. The highest BCUT2D eigenvalue weighted by molar-refractivity contribution is 5.99. The lowest BCUT2D eigenvalue weighted by Gasteiger charge is -2.11. The van der Waals surface area contributed by atoms with E-state index in [2.05, 4.69) is 20.6 Å². The minimum Gasteiger partial charge on any atom is -0.493 e. The fourth-order valence-corrected chi connectivity index (χ4v) is 3.29. The van der Waals surface area contributed by atoms with E-state index in [1.54, 1.807) is 38.8 Å². The molecule has 9 heteroatoms. The van der Waals surface area contributed by atoms with Crippen LogP contribution in [0.25, 0.3) is 16.8 Å². The Morgan fingerprint density at radius 3 is 2.50 bits per heavy atom. The van der Waals surface area contributed by atoms with Crippen molar-refractivity contribution in [2.24, 2.45) is 0 Å². The van der Waals surface area contributed by atoms with Crippen molar-refractivity contribution in [3.8, 4) is 28.3 Å². The fourth-order valence-electron chi connectivity index (χ4n) is 3.29. The zero-order valence-electron chi connectivity index (χ0n) is 18.2. The average molecular weight is 433 g/mol. The molecule has 1 atom stereocenters. The molecule has 2 aromatic heterocycles. The largest absolute Gasteiger partial charge is 0.493 e. The number of rotatable bonds is 7. The van der Waals surface area contributed by atoms with Gasteiger partial charge in [0.05, 0.1) is 19.9 Å². The standard InChI is InChI=1S/C23H23N5O4/c1-14(23-25-15(2)27-32-23)24-22(29)21-18(13-28(26-21)17-8-6-5-7-9-17)16-10-11-19(30-3)20(12-16)31-4/h5-14H,1-4H3,(H,24,29). The van der Waals surface area contributed by atoms with Crippen molar-refractivity contribution in [2.45, 2.75) is 19.9 Å². The van der Waals surface area contributed by atoms with Crippen LogP contribution in [0, 0.1) is 6.92 Å². The summed E-state index contributed by atoms with van der Waals surface area (Å²) in [6, 6.07) is 14.5. The van der Waals surface area contributed by atoms with Gasteiger partial charge in [0.1, 0.15) is 6.04 Å². The first-order valence-corrected chi connectivity index (χ1v) is 9.98. The Bertz CT molecular complexity index is 1230. The number of hydrogen-bond donors (Lipinski definition) is 1. The second-order valence-electron chi connectivity index (χ2n) is 7.12. The van der Waals surface area contributed by atoms with Crippen LogP contribution in [0.3, 0.4) is 0 Å². The van der Waals surface area contributed by atoms with Crippen LogP contribution in [-0.4, -0.2) is 40.0 Å². The Labute approximate surface area is 185 Å². The number of nitrogens with one attached hydrogen (secondary N) is 1. The van der Waals surface area contributed by atoms with Crippen molar-refractivity contribution in [3.05, 3.63) is 72.1 Å². The number of aryl methyl sites for hydroxylation is 1. The molecule has 1 amide bonds. The van der Waals surface area contributed by atoms with Gasteiger partial charge in [0, 0.05) is 11.8 Å². The smallest absolute Gasteiger partial charge is 0.273 e. The highest BCUT2D eigenvalue weighted by Crippen LogP contribution is 2.34. The van der Waals surface area contributed by atoms with Crippen LogP contribution >= 0.6 is 0 Å². The molecule has 0 aliphatic carbocycles. The monoisotopic (exact) mass is 433 g/mol. The Morgan fingerprint density at radius 1 is 1.09 bits per heavy atom. The highest BCUT2D eigenvalue weighted by atomic mass is 16.5. The number of ether oxygens (including phenoxy) is 2. The van der Waals surface area contributed by atoms with E-state index in [-0.39, 0.29) is 11.6 Å². The van der Waals surface area contributed by atoms with E-state index < -0.39 is 6.04 Å². The minimum atomic E-state index is -0.483. The molecule has 4 rings (SSSR count). The number of nitrogens with zero attached hydrogens (tertiary/aromatic N) is 4. The molecule has 1 unspecified atom stereocenters. The van der Waals surface area contributed by atoms with Crippen molar-refractivity contribution in [1.82, 2.24) is 25.2 Å². The summed E-state index contributed by atoms with van der Waals surface area (Å²) >= 11 is 0. The van der Waals surface area contributed by atoms with Gasteiger partial charge < -0.3 is 19.3 Å². The predicted octanol–water partition coefficient (Wildman–Crippen LogP) is 3.74. The quantitative estimate of drug-likeness (QED) is 0.473. The first-order valence-electron chi connectivity index (χ1n) is 9.98. The van der Waals surface area contributed by atoms with Crippen LogP contribution in [0.4, 0.5) is 0 Å². The van der Waals surface area contributed by atoms with Gasteiger partial charge in [-0.1, -0.05) is 29.4 Å². The van der Waals surface area contributed by atoms with Crippen molar-refractivity contribution in [3.63, 3.8) is 0 Å². The summed E-state index contributed by atoms with van der Waals surface area (Å²) < 4.78 is 17.6. The van der Waals surface area contributed by atoms with Gasteiger partial charge in [-0.3, -0.25) is 4.79 Å². The van der Waals surface area contributed by atoms with Gasteiger partial charge in [0.25, 0.3) is 5.91 Å². The Morgan fingerprint density at radius 2 is 1.84 bits per heavy atom. The van der Waals surface area contributed by atoms with Gasteiger partial charge >= 0.3 is 0 Å². The van der Waals surface area contributed by atoms with Gasteiger partial charge in [0.15, 0.2) is 23.0 Å². The molecule has 4 aromatic rings. The molecule has 0 saturated carbocycles. The van der Waals surface area contributed by atoms with Gasteiger partial charge in [-0.15, -0.1) is 0 Å². The molecule has 0 saturated heterocycles. The number of aromatic nitrogens is 4. The summed E-state index contributed by atoms with van der Waals surface area (Å²) in [6.45, 7) is 3.49. The zero-order chi connectivity index (χ0) is 22.7. The lowest BCUT2D eigenvalue weighted by atomic mass is 10.1. The summed E-state index contributed by atoms with van der Waals surface area (Å²) in [5.74, 6) is 1.61. The number of methoxy groups -OCH3 is 2. The molecule has 0 radical (unpaired) electrons. The normalized spacial score (nSPS) is 11.8. The molecule has 2 aromatic carbocycles. The third-order valence-electron chi connectivity index (χ3n) is 4.91. The number of carbonyl (C=O) groups excluding carboxylic acids is 1. The summed E-state index contributed by atoms with van der Waals surface area (Å²) in [7, 11) is 3.14. The van der Waals surface area contributed by atoms with E-state index in [1.165, 1.54) is 0 Å². The SMILES string of the molecule is COc1ccc(-c2cn(-c3ccccc3)nc2C(=O)NC(C)c2nc(C)no2)cc1OC. The molecule has 1 N–H and O–H groups in total. The third-order valence-corrected chi connectivity index (χ3v) is 4.91. The van der Waals surface area contributed by atoms with E-state index in [0.717, 1.165) is 11.3 Å². The van der Waals surface area contributed by atoms with Crippen LogP contribution in [0.1, 0.15) is 35.2 Å². The summed E-state index contributed by atoms with van der Waals surface area (Å²) in [6.07, 6.45) is 1.81. The van der Waals surface area contributed by atoms with Crippen molar-refractivity contribution in [2.75, 3.05) is 14.2 Å². The number of carbonyl (C=O) groups is 1. The first kappa shape index (κ1) is 21.1. The topological polar surface area (TPSA) is 104 Å². The van der Waals surface area contributed by atoms with Gasteiger partial charge in [0.2, 0.25) is 5.89 Å². The number of benzene rings is 2. The summed E-state index contributed by atoms with van der Waals surface area (Å²) in [5.41, 5.74) is 2.48. The van der Waals surface area contributed by atoms with Crippen LogP contribution < -0.4 is 14.8 Å². The Balaban J connectivity index is 1.75. The van der Waals surface area contributed by atoms with Crippen molar-refractivity contribution < 1.29 is 18.8 Å². The van der Waals surface area contributed by atoms with Crippen LogP contribution in [0.2, 0.25) is 0 Å². The maximum atomic E-state index is 13.2. The number of hydrogen-bond acceptors (Lipinski definition) is 7. The summed E-state index contributed by atoms with van der Waals surface area (Å²) in [5, 5.41) is 11.2. The maximum absolute atomic E-state index is 13.2. The predicted molar refractivity (Wildman–Crippen MR) is 117 cm³/mol. The second-order valence-corrected chi connectivity index (χ2v) is 7.12. The minimum absolute atomic E-state index is 0.254. The van der Waals surface area contributed by atoms with Gasteiger partial charge in [-0.2, -0.15) is 10.1 Å². The molecule has 2 heterocycles. The molecule has 0 aliphatic rings. The van der Waals surface area contributed by atoms with Crippen LogP contribution in [0.5, 0.6) is 11.5 Å². The average Bonchev–Trinajstić information content (AvgIpc) is 3.46. The van der Waals surface area contributed by atoms with Crippen LogP contribution in [-0.2, 0) is 0 Å². The van der Waals surface area contributed by atoms with Gasteiger partial charge in [-0.05, 0) is 43.7 Å². The molecular formula is C23H23N5O4. The molecule has 0 spiro atoms. The van der Waals surface area contributed by atoms with Gasteiger partial charge in [-0.25, -0.2) is 4.68 Å². The van der Waals surface area contributed by atoms with E-state index in [1.807, 2.05) is 48.7 Å². The molecule has 0 aliphatic heterocycles. The molecule has 32 heavy (non-hydrogen) atoms. The highest BCUT2D eigenvalue weighted by Gasteiger charge is 2.23. The fraction of sp³-hybridized carbons (Fsp3) is 0.217. The van der Waals surface area contributed by atoms with E-state index in [4.69, 9.17) is 14.0 Å². The number of amides is 1. The lowest BCUT2D eigenvalue weighted by molar-refractivity contribution is 0.0927. The second kappa shape index (κ2) is 8.93. The Hall–Kier alpha value is -4.14. The Kier molecular flexibility index (Phi) is 5.89. The first-order chi connectivity index (χ1) is 15.5. The molecule has 0 fully saturated rings.